The van der Waals surface area contributed by atoms with Gasteiger partial charge < -0.3 is 34.8 Å². The molecule has 3 atom stereocenters. The third kappa shape index (κ3) is 8.62. The second-order valence-corrected chi connectivity index (χ2v) is 22.9. The van der Waals surface area contributed by atoms with Gasteiger partial charge in [0.2, 0.25) is 11.8 Å². The highest BCUT2D eigenvalue weighted by Crippen LogP contribution is 2.54. The van der Waals surface area contributed by atoms with E-state index in [-0.39, 0.29) is 58.3 Å². The summed E-state index contributed by atoms with van der Waals surface area (Å²) in [5, 5.41) is 18.5. The maximum Gasteiger partial charge on any atom is 0.319 e. The molecular weight excluding hydrogens is 931 g/mol. The predicted molar refractivity (Wildman–Crippen MR) is 273 cm³/mol. The van der Waals surface area contributed by atoms with Crippen LogP contribution in [0.4, 0.5) is 20.3 Å². The molecule has 2 saturated carbocycles. The van der Waals surface area contributed by atoms with E-state index in [0.717, 1.165) is 108 Å². The molecule has 0 radical (unpaired) electrons. The normalized spacial score (nSPS) is 24.9. The van der Waals surface area contributed by atoms with Crippen LogP contribution in [-0.4, -0.2) is 143 Å². The number of aromatic hydroxyl groups is 1. The molecule has 5 aromatic rings. The number of aryl methyl sites for hydroxylation is 1. The SMILES string of the molecule is CCc1c(F)ccc2cc(O)cc(-c3ncc4c(N5CC6CCC(C5)N6)nc(OCC5(CN6CCC7(CC6)CC(CN6CCN(c8ccc9c(c8)CN([C@H]8CCC(=O)NC8=O)C9=O)CC6)C7)CC5)nc4c3F)c12. The second kappa shape index (κ2) is 18.1. The molecule has 15 nitrogen and oxygen atoms in total. The number of hydrogen-bond donors (Lipinski definition) is 3. The molecule has 5 saturated heterocycles. The first kappa shape index (κ1) is 46.7. The van der Waals surface area contributed by atoms with Gasteiger partial charge in [0, 0.05) is 106 Å². The molecule has 2 unspecified atom stereocenters. The van der Waals surface area contributed by atoms with Crippen molar-refractivity contribution >= 4 is 50.9 Å². The van der Waals surface area contributed by atoms with Gasteiger partial charge in [0.15, 0.2) is 5.82 Å². The molecule has 6 aliphatic heterocycles. The van der Waals surface area contributed by atoms with Crippen molar-refractivity contribution in [2.75, 3.05) is 81.9 Å². The summed E-state index contributed by atoms with van der Waals surface area (Å²) in [4.78, 5) is 63.4. The lowest BCUT2D eigenvalue weighted by Gasteiger charge is -2.54. The number of anilines is 2. The van der Waals surface area contributed by atoms with Gasteiger partial charge in [-0.2, -0.15) is 9.97 Å². The van der Waals surface area contributed by atoms with Gasteiger partial charge in [0.05, 0.1) is 12.0 Å². The molecule has 2 aromatic heterocycles. The molecule has 13 rings (SSSR count). The van der Waals surface area contributed by atoms with Crippen LogP contribution in [0, 0.1) is 28.4 Å². The number of nitrogens with zero attached hydrogens (tertiary/aromatic N) is 8. The van der Waals surface area contributed by atoms with Crippen LogP contribution in [0.25, 0.3) is 32.9 Å². The van der Waals surface area contributed by atoms with Crippen molar-refractivity contribution in [3.05, 3.63) is 77.0 Å². The number of benzene rings is 3. The number of phenolic OH excluding ortho intramolecular Hbond substituents is 1. The molecule has 2 aliphatic carbocycles. The van der Waals surface area contributed by atoms with Crippen LogP contribution < -0.4 is 25.2 Å². The Labute approximate surface area is 423 Å². The molecule has 1 spiro atoms. The van der Waals surface area contributed by atoms with E-state index >= 15 is 8.78 Å². The predicted octanol–water partition coefficient (Wildman–Crippen LogP) is 6.57. The van der Waals surface area contributed by atoms with Crippen molar-refractivity contribution in [1.29, 1.82) is 0 Å². The van der Waals surface area contributed by atoms with E-state index < -0.39 is 11.9 Å². The van der Waals surface area contributed by atoms with Gasteiger partial charge in [-0.25, -0.2) is 8.78 Å². The number of ether oxygens (including phenoxy) is 1. The lowest BCUT2D eigenvalue weighted by molar-refractivity contribution is -0.136. The van der Waals surface area contributed by atoms with E-state index in [0.29, 0.717) is 82.2 Å². The van der Waals surface area contributed by atoms with Crippen molar-refractivity contribution in [2.45, 2.75) is 102 Å². The fraction of sp³-hybridized carbons (Fsp3) is 0.536. The molecule has 8 heterocycles. The number of nitrogens with one attached hydrogen (secondary N) is 2. The maximum absolute atomic E-state index is 17.2. The standard InChI is InChI=1S/C56H64F2N10O5/c1-2-40-44(57)8-3-34-22-39(69)23-42(47(34)40)49-48(58)50-43(26-59-49)51(67-29-36-4-5-37(30-67)60-36)63-54(62-50)73-32-56(11-12-56)31-65-15-13-55(14-16-65)24-33(25-55)27-64-17-19-66(20-18-64)38-6-7-41-35(21-38)28-68(53(41)72)45-9-10-46(70)61-52(45)71/h3,6-8,21-23,26,33,36-37,45,60,69H,2,4-5,9-20,24-25,27-32H2,1H3,(H,61,70,71)/t36?,37?,45-/m0/s1. The van der Waals surface area contributed by atoms with Gasteiger partial charge in [-0.15, -0.1) is 0 Å². The average Bonchev–Trinajstić information content (AvgIpc) is 3.96. The van der Waals surface area contributed by atoms with Crippen molar-refractivity contribution in [1.82, 2.24) is 40.3 Å². The fourth-order valence-electron chi connectivity index (χ4n) is 13.9. The Morgan fingerprint density at radius 3 is 2.37 bits per heavy atom. The minimum atomic E-state index is -0.651. The number of fused-ring (bicyclic) bond motifs is 5. The summed E-state index contributed by atoms with van der Waals surface area (Å²) in [7, 11) is 0. The van der Waals surface area contributed by atoms with Crippen LogP contribution in [0.3, 0.4) is 0 Å². The van der Waals surface area contributed by atoms with Crippen LogP contribution >= 0.6 is 0 Å². The van der Waals surface area contributed by atoms with Gasteiger partial charge in [-0.3, -0.25) is 29.6 Å². The zero-order chi connectivity index (χ0) is 49.8. The maximum atomic E-state index is 17.2. The average molecular weight is 995 g/mol. The quantitative estimate of drug-likeness (QED) is 0.116. The van der Waals surface area contributed by atoms with E-state index in [4.69, 9.17) is 14.7 Å². The number of imide groups is 1. The summed E-state index contributed by atoms with van der Waals surface area (Å²) in [5.74, 6) is -0.552. The van der Waals surface area contributed by atoms with Crippen molar-refractivity contribution in [3.8, 4) is 23.0 Å². The number of carbonyl (C=O) groups is 3. The zero-order valence-corrected chi connectivity index (χ0v) is 41.6. The highest BCUT2D eigenvalue weighted by molar-refractivity contribution is 6.06. The molecule has 17 heteroatoms. The van der Waals surface area contributed by atoms with Gasteiger partial charge in [0.25, 0.3) is 5.91 Å². The van der Waals surface area contributed by atoms with Gasteiger partial charge in [-0.05, 0) is 147 Å². The Bertz CT molecular complexity index is 3040. The number of piperazine rings is 2. The number of phenols is 1. The lowest BCUT2D eigenvalue weighted by Crippen LogP contribution is -2.53. The Morgan fingerprint density at radius 2 is 1.63 bits per heavy atom. The molecule has 3 aromatic carbocycles. The highest BCUT2D eigenvalue weighted by atomic mass is 19.1. The molecule has 382 valence electrons. The minimum absolute atomic E-state index is 0.000645. The van der Waals surface area contributed by atoms with Crippen LogP contribution in [-0.2, 0) is 22.6 Å². The summed E-state index contributed by atoms with van der Waals surface area (Å²) >= 11 is 0. The van der Waals surface area contributed by atoms with E-state index in [2.05, 4.69) is 41.3 Å². The largest absolute Gasteiger partial charge is 0.508 e. The van der Waals surface area contributed by atoms with Gasteiger partial charge in [0.1, 0.15) is 34.6 Å². The second-order valence-electron chi connectivity index (χ2n) is 22.9. The first-order chi connectivity index (χ1) is 35.4. The van der Waals surface area contributed by atoms with E-state index in [1.54, 1.807) is 23.2 Å². The fourth-order valence-corrected chi connectivity index (χ4v) is 13.9. The number of pyridine rings is 1. The number of aromatic nitrogens is 3. The highest BCUT2D eigenvalue weighted by Gasteiger charge is 2.50. The number of carbonyl (C=O) groups excluding carboxylic acids is 3. The summed E-state index contributed by atoms with van der Waals surface area (Å²) in [6, 6.07) is 12.3. The molecule has 7 fully saturated rings. The Kier molecular flexibility index (Phi) is 11.6. The zero-order valence-electron chi connectivity index (χ0n) is 41.6. The summed E-state index contributed by atoms with van der Waals surface area (Å²) in [5.41, 5.74) is 4.01. The van der Waals surface area contributed by atoms with Crippen molar-refractivity contribution < 1.29 is 33.0 Å². The van der Waals surface area contributed by atoms with Gasteiger partial charge in [-0.1, -0.05) is 13.0 Å². The molecule has 2 bridgehead atoms. The monoisotopic (exact) mass is 995 g/mol. The van der Waals surface area contributed by atoms with Crippen LogP contribution in [0.2, 0.25) is 0 Å². The van der Waals surface area contributed by atoms with Crippen LogP contribution in [0.15, 0.2) is 48.7 Å². The molecule has 3 amide bonds. The number of piperidine rings is 2. The lowest BCUT2D eigenvalue weighted by atomic mass is 9.57. The third-order valence-electron chi connectivity index (χ3n) is 18.1. The number of hydrogen-bond acceptors (Lipinski definition) is 13. The Hall–Kier alpha value is -6.04. The Morgan fingerprint density at radius 1 is 0.849 bits per heavy atom. The number of rotatable bonds is 12. The molecule has 8 aliphatic rings. The topological polar surface area (TPSA) is 160 Å². The van der Waals surface area contributed by atoms with Crippen LogP contribution in [0.1, 0.15) is 92.6 Å². The third-order valence-corrected chi connectivity index (χ3v) is 18.1. The summed E-state index contributed by atoms with van der Waals surface area (Å²) < 4.78 is 39.0. The number of amides is 3. The molecule has 73 heavy (non-hydrogen) atoms. The smallest absolute Gasteiger partial charge is 0.319 e. The first-order valence-electron chi connectivity index (χ1n) is 26.8. The van der Waals surface area contributed by atoms with Crippen LogP contribution in [0.5, 0.6) is 11.8 Å². The number of halogens is 2. The molecule has 3 N–H and O–H groups in total. The molecular formula is C56H64F2N10O5. The van der Waals surface area contributed by atoms with Crippen molar-refractivity contribution in [3.63, 3.8) is 0 Å². The minimum Gasteiger partial charge on any atom is -0.508 e. The summed E-state index contributed by atoms with van der Waals surface area (Å²) in [6.45, 7) is 12.3. The number of likely N-dealkylation sites (tertiary alicyclic amines) is 1. The van der Waals surface area contributed by atoms with Gasteiger partial charge >= 0.3 is 6.01 Å². The summed E-state index contributed by atoms with van der Waals surface area (Å²) in [6.07, 6.45) is 11.9. The first-order valence-corrected chi connectivity index (χ1v) is 26.8. The Balaban J connectivity index is 0.627. The van der Waals surface area contributed by atoms with E-state index in [1.807, 2.05) is 19.1 Å². The van der Waals surface area contributed by atoms with E-state index in [9.17, 15) is 19.5 Å². The van der Waals surface area contributed by atoms with E-state index in [1.165, 1.54) is 37.8 Å². The van der Waals surface area contributed by atoms with Crippen molar-refractivity contribution in [2.24, 2.45) is 16.7 Å².